The quantitative estimate of drug-likeness (QED) is 0.381. The van der Waals surface area contributed by atoms with Crippen LogP contribution < -0.4 is 25.4 Å². The van der Waals surface area contributed by atoms with Crippen LogP contribution in [0.3, 0.4) is 0 Å². The Hall–Kier alpha value is -4.08. The fourth-order valence-electron chi connectivity index (χ4n) is 4.86. The molecule has 0 spiro atoms. The fourth-order valence-corrected chi connectivity index (χ4v) is 4.86. The van der Waals surface area contributed by atoms with Gasteiger partial charge in [0.1, 0.15) is 36.8 Å². The second kappa shape index (κ2) is 16.0. The van der Waals surface area contributed by atoms with Crippen LogP contribution in [0.2, 0.25) is 0 Å². The van der Waals surface area contributed by atoms with E-state index in [-0.39, 0.29) is 43.6 Å². The first kappa shape index (κ1) is 33.4. The van der Waals surface area contributed by atoms with Crippen molar-refractivity contribution in [3.05, 3.63) is 59.2 Å². The molecule has 234 valence electrons. The third-order valence-electron chi connectivity index (χ3n) is 7.33. The molecule has 0 aliphatic carbocycles. The summed E-state index contributed by atoms with van der Waals surface area (Å²) >= 11 is 0. The number of likely N-dealkylation sites (N-methyl/N-ethyl adjacent to an activating group) is 1. The second-order valence-electron chi connectivity index (χ2n) is 11.6. The zero-order valence-electron chi connectivity index (χ0n) is 26.2. The number of nitrogens with zero attached hydrogens (tertiary/aromatic N) is 1. The molecule has 2 atom stereocenters. The third kappa shape index (κ3) is 9.73. The number of fused-ring (bicyclic) bond motifs is 1. The molecule has 43 heavy (non-hydrogen) atoms. The molecule has 10 nitrogen and oxygen atoms in total. The number of nitrogens with one attached hydrogen (secondary N) is 3. The summed E-state index contributed by atoms with van der Waals surface area (Å²) < 4.78 is 11.8. The van der Waals surface area contributed by atoms with Crippen molar-refractivity contribution in [2.75, 3.05) is 32.8 Å². The van der Waals surface area contributed by atoms with Gasteiger partial charge in [0.05, 0.1) is 25.1 Å². The number of ether oxygens (including phenoxy) is 2. The van der Waals surface area contributed by atoms with E-state index in [2.05, 4.69) is 35.9 Å². The minimum atomic E-state index is -1.19. The molecule has 0 saturated carbocycles. The first-order valence-electron chi connectivity index (χ1n) is 15.1. The number of para-hydroxylation sites is 1. The van der Waals surface area contributed by atoms with Gasteiger partial charge in [0.15, 0.2) is 0 Å². The molecule has 3 rings (SSSR count). The van der Waals surface area contributed by atoms with Gasteiger partial charge in [-0.3, -0.25) is 19.2 Å². The Morgan fingerprint density at radius 1 is 1.09 bits per heavy atom. The number of aryl methyl sites for hydroxylation is 1. The van der Waals surface area contributed by atoms with Gasteiger partial charge in [-0.15, -0.1) is 0 Å². The molecule has 1 aliphatic rings. The second-order valence-corrected chi connectivity index (χ2v) is 11.6. The molecule has 1 aliphatic heterocycles. The summed E-state index contributed by atoms with van der Waals surface area (Å²) in [5.41, 5.74) is 2.37. The zero-order chi connectivity index (χ0) is 31.5. The van der Waals surface area contributed by atoms with E-state index in [0.29, 0.717) is 31.2 Å². The lowest BCUT2D eigenvalue weighted by atomic mass is 10.0. The molecule has 2 aromatic carbocycles. The van der Waals surface area contributed by atoms with E-state index >= 15 is 0 Å². The van der Waals surface area contributed by atoms with E-state index in [1.54, 1.807) is 29.2 Å². The van der Waals surface area contributed by atoms with Crippen LogP contribution in [-0.4, -0.2) is 73.5 Å². The highest BCUT2D eigenvalue weighted by Crippen LogP contribution is 2.24. The molecule has 1 heterocycles. The molecule has 0 fully saturated rings. The van der Waals surface area contributed by atoms with Gasteiger partial charge in [0.2, 0.25) is 17.7 Å². The Bertz CT molecular complexity index is 1280. The van der Waals surface area contributed by atoms with Crippen molar-refractivity contribution in [3.63, 3.8) is 0 Å². The molecular formula is C33H46N4O6. The molecule has 0 saturated heterocycles. The van der Waals surface area contributed by atoms with Crippen molar-refractivity contribution >= 4 is 23.6 Å². The highest BCUT2D eigenvalue weighted by atomic mass is 16.5. The number of carbonyl (C=O) groups excluding carboxylic acids is 4. The van der Waals surface area contributed by atoms with Gasteiger partial charge in [-0.2, -0.15) is 0 Å². The van der Waals surface area contributed by atoms with E-state index in [0.717, 1.165) is 16.9 Å². The average molecular weight is 595 g/mol. The van der Waals surface area contributed by atoms with Crippen molar-refractivity contribution < 1.29 is 28.7 Å². The van der Waals surface area contributed by atoms with Crippen molar-refractivity contribution in [2.24, 2.45) is 5.92 Å². The van der Waals surface area contributed by atoms with E-state index in [4.69, 9.17) is 9.47 Å². The Kier molecular flexibility index (Phi) is 12.4. The molecule has 0 radical (unpaired) electrons. The van der Waals surface area contributed by atoms with Gasteiger partial charge in [0.25, 0.3) is 5.91 Å². The van der Waals surface area contributed by atoms with Crippen LogP contribution in [0.1, 0.15) is 74.9 Å². The SMILES string of the molecule is CCN1CCOc2ccccc2C(=O)N[C@H](C(=O)NCCOc2cc(C(C)C)ccc2C)CC(=O)N[C@H](CC(C)C)C1=O. The first-order valence-corrected chi connectivity index (χ1v) is 15.1. The summed E-state index contributed by atoms with van der Waals surface area (Å²) in [5.74, 6) is -0.235. The normalized spacial score (nSPS) is 18.3. The first-order chi connectivity index (χ1) is 20.5. The van der Waals surface area contributed by atoms with Gasteiger partial charge in [-0.25, -0.2) is 0 Å². The van der Waals surface area contributed by atoms with Crippen LogP contribution in [0.5, 0.6) is 11.5 Å². The van der Waals surface area contributed by atoms with Crippen LogP contribution in [-0.2, 0) is 14.4 Å². The molecule has 0 unspecified atom stereocenters. The monoisotopic (exact) mass is 594 g/mol. The standard InChI is InChI=1S/C33H46N4O6/c1-7-37-15-17-43-28-11-9-8-10-25(28)31(39)36-26(20-30(38)35-27(33(37)41)18-21(2)3)32(40)34-14-16-42-29-19-24(22(4)5)13-12-23(29)6/h8-13,19,21-22,26-27H,7,14-18,20H2,1-6H3,(H,34,40)(H,35,38)(H,36,39)/t26-,27+/m0/s1. The Morgan fingerprint density at radius 2 is 1.84 bits per heavy atom. The summed E-state index contributed by atoms with van der Waals surface area (Å²) in [5, 5.41) is 8.30. The molecule has 2 aromatic rings. The maximum atomic E-state index is 13.4. The van der Waals surface area contributed by atoms with Gasteiger partial charge in [-0.1, -0.05) is 52.0 Å². The van der Waals surface area contributed by atoms with Crippen LogP contribution in [0, 0.1) is 12.8 Å². The van der Waals surface area contributed by atoms with Crippen LogP contribution in [0.4, 0.5) is 0 Å². The number of hydrogen-bond acceptors (Lipinski definition) is 6. The lowest BCUT2D eigenvalue weighted by Gasteiger charge is -2.29. The highest BCUT2D eigenvalue weighted by molar-refractivity contribution is 6.01. The molecule has 0 bridgehead atoms. The summed E-state index contributed by atoms with van der Waals surface area (Å²) in [7, 11) is 0. The van der Waals surface area contributed by atoms with E-state index in [1.807, 2.05) is 39.8 Å². The number of amides is 4. The minimum Gasteiger partial charge on any atom is -0.491 e. The lowest BCUT2D eigenvalue weighted by Crippen LogP contribution is -2.53. The molecule has 4 amide bonds. The van der Waals surface area contributed by atoms with Crippen LogP contribution in [0.15, 0.2) is 42.5 Å². The maximum Gasteiger partial charge on any atom is 0.255 e. The Labute approximate surface area is 254 Å². The minimum absolute atomic E-state index is 0.138. The topological polar surface area (TPSA) is 126 Å². The van der Waals surface area contributed by atoms with Gasteiger partial charge in [-0.05, 0) is 61.4 Å². The molecule has 10 heteroatoms. The van der Waals surface area contributed by atoms with Crippen LogP contribution >= 0.6 is 0 Å². The lowest BCUT2D eigenvalue weighted by molar-refractivity contribution is -0.137. The Morgan fingerprint density at radius 3 is 2.53 bits per heavy atom. The third-order valence-corrected chi connectivity index (χ3v) is 7.33. The molecule has 0 aromatic heterocycles. The number of benzene rings is 2. The average Bonchev–Trinajstić information content (AvgIpc) is 2.96. The van der Waals surface area contributed by atoms with Crippen molar-refractivity contribution in [1.29, 1.82) is 0 Å². The number of hydrogen-bond donors (Lipinski definition) is 3. The van der Waals surface area contributed by atoms with Gasteiger partial charge >= 0.3 is 0 Å². The largest absolute Gasteiger partial charge is 0.491 e. The number of rotatable bonds is 9. The summed E-state index contributed by atoms with van der Waals surface area (Å²) in [6.07, 6.45) is 0.0910. The van der Waals surface area contributed by atoms with E-state index < -0.39 is 29.8 Å². The van der Waals surface area contributed by atoms with Gasteiger partial charge < -0.3 is 30.3 Å². The zero-order valence-corrected chi connectivity index (χ0v) is 26.2. The predicted molar refractivity (Wildman–Crippen MR) is 165 cm³/mol. The Balaban J connectivity index is 1.78. The predicted octanol–water partition coefficient (Wildman–Crippen LogP) is 3.57. The summed E-state index contributed by atoms with van der Waals surface area (Å²) in [6.45, 7) is 13.2. The summed E-state index contributed by atoms with van der Waals surface area (Å²) in [4.78, 5) is 54.9. The highest BCUT2D eigenvalue weighted by Gasteiger charge is 2.30. The van der Waals surface area contributed by atoms with Crippen molar-refractivity contribution in [3.8, 4) is 11.5 Å². The molecule has 3 N–H and O–H groups in total. The van der Waals surface area contributed by atoms with E-state index in [1.165, 1.54) is 0 Å². The fraction of sp³-hybridized carbons (Fsp3) is 0.515. The summed E-state index contributed by atoms with van der Waals surface area (Å²) in [6, 6.07) is 10.8. The maximum absolute atomic E-state index is 13.4. The van der Waals surface area contributed by atoms with E-state index in [9.17, 15) is 19.2 Å². The smallest absolute Gasteiger partial charge is 0.255 e. The van der Waals surface area contributed by atoms with Crippen molar-refractivity contribution in [1.82, 2.24) is 20.9 Å². The number of carbonyl (C=O) groups is 4. The van der Waals surface area contributed by atoms with Crippen LogP contribution in [0.25, 0.3) is 0 Å². The molecular weight excluding hydrogens is 548 g/mol. The van der Waals surface area contributed by atoms with Gasteiger partial charge in [0, 0.05) is 6.54 Å². The van der Waals surface area contributed by atoms with Crippen molar-refractivity contribution in [2.45, 2.75) is 72.4 Å².